The van der Waals surface area contributed by atoms with Crippen molar-refractivity contribution < 1.29 is 18.0 Å². The van der Waals surface area contributed by atoms with Gasteiger partial charge in [0, 0.05) is 37.5 Å². The number of hydrogen-bond acceptors (Lipinski definition) is 4. The molecule has 0 saturated carbocycles. The second-order valence-electron chi connectivity index (χ2n) is 6.53. The van der Waals surface area contributed by atoms with Crippen LogP contribution in [0.1, 0.15) is 27.1 Å². The molecule has 0 radical (unpaired) electrons. The highest BCUT2D eigenvalue weighted by Gasteiger charge is 2.28. The van der Waals surface area contributed by atoms with Gasteiger partial charge in [-0.1, -0.05) is 12.1 Å². The normalized spacial score (nSPS) is 15.4. The monoisotopic (exact) mass is 387 g/mol. The van der Waals surface area contributed by atoms with Crippen molar-refractivity contribution in [2.45, 2.75) is 6.42 Å². The Hall–Kier alpha value is -2.87. The van der Waals surface area contributed by atoms with Gasteiger partial charge < -0.3 is 10.2 Å². The molecule has 1 N–H and O–H groups in total. The lowest BCUT2D eigenvalue weighted by Gasteiger charge is -2.17. The van der Waals surface area contributed by atoms with Gasteiger partial charge in [0.2, 0.25) is 10.0 Å². The molecule has 0 aliphatic carbocycles. The van der Waals surface area contributed by atoms with Gasteiger partial charge in [0.05, 0.1) is 11.4 Å². The molecule has 8 heteroatoms. The van der Waals surface area contributed by atoms with Gasteiger partial charge in [-0.05, 0) is 42.8 Å². The van der Waals surface area contributed by atoms with E-state index in [2.05, 4.69) is 5.32 Å². The molecule has 0 bridgehead atoms. The van der Waals surface area contributed by atoms with Gasteiger partial charge in [-0.2, -0.15) is 0 Å². The largest absolute Gasteiger partial charge is 0.345 e. The standard InChI is InChI=1S/C19H21N3O4S/c1-21(2)19(24)15-7-3-8-16(12-15)20-18(23)14-6-4-9-17(13-14)22-10-5-11-27(22,25)26/h3-4,6-9,12-13H,5,10-11H2,1-2H3,(H,20,23). The minimum absolute atomic E-state index is 0.121. The average Bonchev–Trinajstić information content (AvgIpc) is 3.00. The molecule has 2 aromatic carbocycles. The topological polar surface area (TPSA) is 86.8 Å². The van der Waals surface area contributed by atoms with Gasteiger partial charge >= 0.3 is 0 Å². The maximum absolute atomic E-state index is 12.6. The average molecular weight is 387 g/mol. The number of benzene rings is 2. The highest BCUT2D eigenvalue weighted by Crippen LogP contribution is 2.25. The Labute approximate surface area is 158 Å². The first-order valence-electron chi connectivity index (χ1n) is 8.51. The predicted octanol–water partition coefficient (Wildman–Crippen LogP) is 2.18. The van der Waals surface area contributed by atoms with Crippen molar-refractivity contribution in [3.63, 3.8) is 0 Å². The Morgan fingerprint density at radius 2 is 1.74 bits per heavy atom. The molecule has 1 saturated heterocycles. The number of anilines is 2. The molecular formula is C19H21N3O4S. The molecule has 3 rings (SSSR count). The maximum Gasteiger partial charge on any atom is 0.255 e. The summed E-state index contributed by atoms with van der Waals surface area (Å²) in [5, 5.41) is 2.75. The SMILES string of the molecule is CN(C)C(=O)c1cccc(NC(=O)c2cccc(N3CCCS3(=O)=O)c2)c1. The molecule has 1 aliphatic rings. The van der Waals surface area contributed by atoms with Crippen molar-refractivity contribution in [3.05, 3.63) is 59.7 Å². The summed E-state index contributed by atoms with van der Waals surface area (Å²) in [5.41, 5.74) is 1.79. The number of carbonyl (C=O) groups excluding carboxylic acids is 2. The van der Waals surface area contributed by atoms with Crippen LogP contribution in [0.2, 0.25) is 0 Å². The summed E-state index contributed by atoms with van der Waals surface area (Å²) >= 11 is 0. The molecule has 1 aliphatic heterocycles. The molecule has 142 valence electrons. The van der Waals surface area contributed by atoms with Crippen LogP contribution < -0.4 is 9.62 Å². The quantitative estimate of drug-likeness (QED) is 0.871. The van der Waals surface area contributed by atoms with Crippen LogP contribution in [0.3, 0.4) is 0 Å². The number of carbonyl (C=O) groups is 2. The van der Waals surface area contributed by atoms with E-state index in [1.54, 1.807) is 62.6 Å². The summed E-state index contributed by atoms with van der Waals surface area (Å²) in [6.07, 6.45) is 0.575. The van der Waals surface area contributed by atoms with Crippen LogP contribution in [0.5, 0.6) is 0 Å². The molecule has 1 fully saturated rings. The van der Waals surface area contributed by atoms with Crippen molar-refractivity contribution in [1.82, 2.24) is 4.90 Å². The van der Waals surface area contributed by atoms with E-state index in [1.165, 1.54) is 9.21 Å². The van der Waals surface area contributed by atoms with Crippen LogP contribution in [-0.4, -0.2) is 51.5 Å². The van der Waals surface area contributed by atoms with Crippen LogP contribution in [0.25, 0.3) is 0 Å². The number of nitrogens with zero attached hydrogens (tertiary/aromatic N) is 2. The highest BCUT2D eigenvalue weighted by molar-refractivity contribution is 7.93. The number of amides is 2. The second-order valence-corrected chi connectivity index (χ2v) is 8.54. The fourth-order valence-electron chi connectivity index (χ4n) is 2.92. The van der Waals surface area contributed by atoms with Crippen LogP contribution in [0, 0.1) is 0 Å². The van der Waals surface area contributed by atoms with E-state index in [0.717, 1.165) is 0 Å². The van der Waals surface area contributed by atoms with Gasteiger partial charge in [-0.25, -0.2) is 8.42 Å². The van der Waals surface area contributed by atoms with Crippen molar-refractivity contribution in [2.24, 2.45) is 0 Å². The Bertz CT molecular complexity index is 986. The molecular weight excluding hydrogens is 366 g/mol. The van der Waals surface area contributed by atoms with Crippen LogP contribution >= 0.6 is 0 Å². The zero-order valence-corrected chi connectivity index (χ0v) is 16.0. The number of hydrogen-bond donors (Lipinski definition) is 1. The van der Waals surface area contributed by atoms with E-state index in [1.807, 2.05) is 0 Å². The molecule has 0 aromatic heterocycles. The first-order chi connectivity index (χ1) is 12.8. The highest BCUT2D eigenvalue weighted by atomic mass is 32.2. The van der Waals surface area contributed by atoms with Gasteiger partial charge in [-0.15, -0.1) is 0 Å². The minimum Gasteiger partial charge on any atom is -0.345 e. The fourth-order valence-corrected chi connectivity index (χ4v) is 4.48. The molecule has 0 spiro atoms. The number of nitrogens with one attached hydrogen (secondary N) is 1. The smallest absolute Gasteiger partial charge is 0.255 e. The fraction of sp³-hybridized carbons (Fsp3) is 0.263. The Balaban J connectivity index is 1.80. The second kappa shape index (κ2) is 7.40. The van der Waals surface area contributed by atoms with Gasteiger partial charge in [0.25, 0.3) is 11.8 Å². The van der Waals surface area contributed by atoms with Crippen molar-refractivity contribution >= 4 is 33.2 Å². The van der Waals surface area contributed by atoms with Crippen molar-refractivity contribution in [1.29, 1.82) is 0 Å². The zero-order chi connectivity index (χ0) is 19.6. The number of sulfonamides is 1. The van der Waals surface area contributed by atoms with E-state index < -0.39 is 10.0 Å². The van der Waals surface area contributed by atoms with Crippen LogP contribution in [0.15, 0.2) is 48.5 Å². The summed E-state index contributed by atoms with van der Waals surface area (Å²) in [5.74, 6) is -0.411. The summed E-state index contributed by atoms with van der Waals surface area (Å²) < 4.78 is 25.5. The van der Waals surface area contributed by atoms with Crippen molar-refractivity contribution in [3.8, 4) is 0 Å². The summed E-state index contributed by atoms with van der Waals surface area (Å²) in [7, 11) is 0.0111. The maximum atomic E-state index is 12.6. The van der Waals surface area contributed by atoms with Crippen LogP contribution in [0.4, 0.5) is 11.4 Å². The van der Waals surface area contributed by atoms with Gasteiger partial charge in [0.15, 0.2) is 0 Å². The van der Waals surface area contributed by atoms with E-state index >= 15 is 0 Å². The summed E-state index contributed by atoms with van der Waals surface area (Å²) in [6, 6.07) is 13.2. The Morgan fingerprint density at radius 3 is 2.41 bits per heavy atom. The molecule has 2 amide bonds. The molecule has 0 unspecified atom stereocenters. The van der Waals surface area contributed by atoms with E-state index in [0.29, 0.717) is 35.5 Å². The Morgan fingerprint density at radius 1 is 1.04 bits per heavy atom. The van der Waals surface area contributed by atoms with Crippen LogP contribution in [-0.2, 0) is 10.0 Å². The molecule has 27 heavy (non-hydrogen) atoms. The molecule has 0 atom stereocenters. The molecule has 7 nitrogen and oxygen atoms in total. The van der Waals surface area contributed by atoms with E-state index in [-0.39, 0.29) is 17.6 Å². The lowest BCUT2D eigenvalue weighted by molar-refractivity contribution is 0.0827. The molecule has 1 heterocycles. The first kappa shape index (κ1) is 18.9. The zero-order valence-electron chi connectivity index (χ0n) is 15.2. The van der Waals surface area contributed by atoms with Crippen molar-refractivity contribution in [2.75, 3.05) is 36.0 Å². The lowest BCUT2D eigenvalue weighted by Crippen LogP contribution is -2.25. The third-order valence-electron chi connectivity index (χ3n) is 4.27. The predicted molar refractivity (Wildman–Crippen MR) is 105 cm³/mol. The van der Waals surface area contributed by atoms with E-state index in [4.69, 9.17) is 0 Å². The minimum atomic E-state index is -3.31. The third kappa shape index (κ3) is 4.11. The number of rotatable bonds is 4. The van der Waals surface area contributed by atoms with Gasteiger partial charge in [0.1, 0.15) is 0 Å². The lowest BCUT2D eigenvalue weighted by atomic mass is 10.1. The first-order valence-corrected chi connectivity index (χ1v) is 10.1. The third-order valence-corrected chi connectivity index (χ3v) is 6.14. The van der Waals surface area contributed by atoms with Gasteiger partial charge in [-0.3, -0.25) is 13.9 Å². The summed E-state index contributed by atoms with van der Waals surface area (Å²) in [4.78, 5) is 26.1. The Kier molecular flexibility index (Phi) is 5.18. The molecule has 2 aromatic rings. The summed E-state index contributed by atoms with van der Waals surface area (Å²) in [6.45, 7) is 0.419. The van der Waals surface area contributed by atoms with E-state index in [9.17, 15) is 18.0 Å².